The molecule has 0 heterocycles. The predicted molar refractivity (Wildman–Crippen MR) is 97.2 cm³/mol. The second kappa shape index (κ2) is 8.50. The van der Waals surface area contributed by atoms with Gasteiger partial charge in [-0.1, -0.05) is 48.0 Å². The van der Waals surface area contributed by atoms with Crippen LogP contribution in [0.15, 0.2) is 48.5 Å². The van der Waals surface area contributed by atoms with Crippen LogP contribution in [0.1, 0.15) is 24.5 Å². The minimum atomic E-state index is -0.693. The van der Waals surface area contributed by atoms with E-state index in [4.69, 9.17) is 11.6 Å². The number of carbonyl (C=O) groups is 2. The van der Waals surface area contributed by atoms with Gasteiger partial charge in [-0.3, -0.25) is 9.59 Å². The fourth-order valence-electron chi connectivity index (χ4n) is 2.25. The van der Waals surface area contributed by atoms with Gasteiger partial charge in [0, 0.05) is 16.8 Å². The number of hydrogen-bond donors (Lipinski definition) is 2. The second-order valence-electron chi connectivity index (χ2n) is 5.82. The molecule has 2 rings (SSSR count). The van der Waals surface area contributed by atoms with Crippen LogP contribution in [-0.2, 0) is 16.0 Å². The van der Waals surface area contributed by atoms with Crippen molar-refractivity contribution in [3.05, 3.63) is 64.7 Å². The highest BCUT2D eigenvalue weighted by molar-refractivity contribution is 6.40. The maximum absolute atomic E-state index is 12.0. The highest BCUT2D eigenvalue weighted by Crippen LogP contribution is 2.19. The zero-order chi connectivity index (χ0) is 17.5. The minimum absolute atomic E-state index is 0.0925. The predicted octanol–water partition coefficient (Wildman–Crippen LogP) is 3.72. The van der Waals surface area contributed by atoms with Gasteiger partial charge in [0.05, 0.1) is 0 Å². The van der Waals surface area contributed by atoms with Gasteiger partial charge in [-0.25, -0.2) is 0 Å². The Hall–Kier alpha value is -2.33. The summed E-state index contributed by atoms with van der Waals surface area (Å²) in [6.45, 7) is 3.76. The lowest BCUT2D eigenvalue weighted by Gasteiger charge is -2.14. The van der Waals surface area contributed by atoms with Crippen molar-refractivity contribution in [1.82, 2.24) is 5.32 Å². The Bertz CT molecular complexity index is 717. The van der Waals surface area contributed by atoms with Crippen molar-refractivity contribution in [3.8, 4) is 0 Å². The molecule has 0 unspecified atom stereocenters. The molecule has 2 amide bonds. The Labute approximate surface area is 147 Å². The van der Waals surface area contributed by atoms with Gasteiger partial charge >= 0.3 is 11.8 Å². The average molecular weight is 345 g/mol. The lowest BCUT2D eigenvalue weighted by molar-refractivity contribution is -0.136. The van der Waals surface area contributed by atoms with E-state index >= 15 is 0 Å². The van der Waals surface area contributed by atoms with E-state index in [0.717, 1.165) is 18.4 Å². The van der Waals surface area contributed by atoms with Crippen LogP contribution >= 0.6 is 11.6 Å². The third kappa shape index (κ3) is 5.39. The van der Waals surface area contributed by atoms with Gasteiger partial charge in [0.15, 0.2) is 0 Å². The second-order valence-corrected chi connectivity index (χ2v) is 6.22. The summed E-state index contributed by atoms with van der Waals surface area (Å²) in [5.41, 5.74) is 2.62. The molecule has 2 aromatic rings. The molecule has 24 heavy (non-hydrogen) atoms. The number of amides is 2. The fourth-order valence-corrected chi connectivity index (χ4v) is 2.43. The molecule has 5 heteroatoms. The van der Waals surface area contributed by atoms with Crippen molar-refractivity contribution in [2.45, 2.75) is 32.7 Å². The number of rotatable bonds is 5. The van der Waals surface area contributed by atoms with Crippen LogP contribution in [-0.4, -0.2) is 17.9 Å². The van der Waals surface area contributed by atoms with Crippen LogP contribution in [0.5, 0.6) is 0 Å². The number of benzene rings is 2. The monoisotopic (exact) mass is 344 g/mol. The number of carbonyl (C=O) groups excluding carboxylic acids is 2. The Morgan fingerprint density at radius 3 is 2.46 bits per heavy atom. The van der Waals surface area contributed by atoms with E-state index in [0.29, 0.717) is 10.7 Å². The Kier molecular flexibility index (Phi) is 6.38. The van der Waals surface area contributed by atoms with Crippen LogP contribution in [0.4, 0.5) is 5.69 Å². The molecule has 126 valence electrons. The number of anilines is 1. The first kappa shape index (κ1) is 18.0. The molecule has 0 radical (unpaired) electrons. The van der Waals surface area contributed by atoms with Gasteiger partial charge in [-0.2, -0.15) is 0 Å². The molecule has 0 aliphatic heterocycles. The SMILES string of the molecule is Cc1ccc(NC(=O)C(=O)N[C@@H](C)CCc2ccccc2)cc1Cl. The first-order valence-electron chi connectivity index (χ1n) is 7.87. The lowest BCUT2D eigenvalue weighted by atomic mass is 10.1. The summed E-state index contributed by atoms with van der Waals surface area (Å²) in [6, 6.07) is 15.1. The molecule has 0 spiro atoms. The number of nitrogens with one attached hydrogen (secondary N) is 2. The summed E-state index contributed by atoms with van der Waals surface area (Å²) in [6.07, 6.45) is 1.61. The highest BCUT2D eigenvalue weighted by atomic mass is 35.5. The number of hydrogen-bond acceptors (Lipinski definition) is 2. The molecular weight excluding hydrogens is 324 g/mol. The lowest BCUT2D eigenvalue weighted by Crippen LogP contribution is -2.40. The summed E-state index contributed by atoms with van der Waals surface area (Å²) in [7, 11) is 0. The molecule has 0 aliphatic rings. The van der Waals surface area contributed by atoms with E-state index in [1.54, 1.807) is 18.2 Å². The van der Waals surface area contributed by atoms with Crippen LogP contribution < -0.4 is 10.6 Å². The summed E-state index contributed by atoms with van der Waals surface area (Å²) in [5, 5.41) is 5.81. The maximum Gasteiger partial charge on any atom is 0.313 e. The van der Waals surface area contributed by atoms with E-state index < -0.39 is 11.8 Å². The van der Waals surface area contributed by atoms with Crippen molar-refractivity contribution in [1.29, 1.82) is 0 Å². The summed E-state index contributed by atoms with van der Waals surface area (Å²) in [4.78, 5) is 23.9. The zero-order valence-electron chi connectivity index (χ0n) is 13.8. The number of halogens is 1. The van der Waals surface area contributed by atoms with E-state index in [9.17, 15) is 9.59 Å². The molecule has 2 aromatic carbocycles. The van der Waals surface area contributed by atoms with Crippen molar-refractivity contribution < 1.29 is 9.59 Å². The van der Waals surface area contributed by atoms with Gasteiger partial charge in [0.1, 0.15) is 0 Å². The van der Waals surface area contributed by atoms with Crippen molar-refractivity contribution in [2.24, 2.45) is 0 Å². The Morgan fingerprint density at radius 1 is 1.08 bits per heavy atom. The maximum atomic E-state index is 12.0. The Morgan fingerprint density at radius 2 is 1.79 bits per heavy atom. The quantitative estimate of drug-likeness (QED) is 0.812. The van der Waals surface area contributed by atoms with Gasteiger partial charge in [0.25, 0.3) is 0 Å². The highest BCUT2D eigenvalue weighted by Gasteiger charge is 2.16. The van der Waals surface area contributed by atoms with Gasteiger partial charge in [0.2, 0.25) is 0 Å². The van der Waals surface area contributed by atoms with E-state index in [1.807, 2.05) is 44.2 Å². The zero-order valence-corrected chi connectivity index (χ0v) is 14.6. The standard InChI is InChI=1S/C19H21ClN2O2/c1-13-8-11-16(12-17(13)20)22-19(24)18(23)21-14(2)9-10-15-6-4-3-5-7-15/h3-8,11-12,14H,9-10H2,1-2H3,(H,21,23)(H,22,24)/t14-/m0/s1. The summed E-state index contributed by atoms with van der Waals surface area (Å²) in [5.74, 6) is -1.34. The summed E-state index contributed by atoms with van der Waals surface area (Å²) >= 11 is 6.01. The van der Waals surface area contributed by atoms with Gasteiger partial charge < -0.3 is 10.6 Å². The van der Waals surface area contributed by atoms with E-state index in [1.165, 1.54) is 5.56 Å². The smallest absolute Gasteiger partial charge is 0.313 e. The molecule has 0 saturated heterocycles. The van der Waals surface area contributed by atoms with E-state index in [2.05, 4.69) is 10.6 Å². The van der Waals surface area contributed by atoms with Gasteiger partial charge in [-0.15, -0.1) is 0 Å². The first-order valence-corrected chi connectivity index (χ1v) is 8.25. The van der Waals surface area contributed by atoms with Crippen LogP contribution in [0.2, 0.25) is 5.02 Å². The Balaban J connectivity index is 1.82. The molecule has 0 saturated carbocycles. The van der Waals surface area contributed by atoms with Crippen LogP contribution in [0.25, 0.3) is 0 Å². The largest absolute Gasteiger partial charge is 0.345 e. The van der Waals surface area contributed by atoms with Gasteiger partial charge in [-0.05, 0) is 49.9 Å². The minimum Gasteiger partial charge on any atom is -0.345 e. The van der Waals surface area contributed by atoms with E-state index in [-0.39, 0.29) is 6.04 Å². The molecule has 0 bridgehead atoms. The molecule has 2 N–H and O–H groups in total. The van der Waals surface area contributed by atoms with Crippen LogP contribution in [0.3, 0.4) is 0 Å². The third-order valence-corrected chi connectivity index (χ3v) is 4.13. The van der Waals surface area contributed by atoms with Crippen molar-refractivity contribution in [3.63, 3.8) is 0 Å². The van der Waals surface area contributed by atoms with Crippen molar-refractivity contribution in [2.75, 3.05) is 5.32 Å². The average Bonchev–Trinajstić information content (AvgIpc) is 2.57. The third-order valence-electron chi connectivity index (χ3n) is 3.72. The van der Waals surface area contributed by atoms with Crippen LogP contribution in [0, 0.1) is 6.92 Å². The normalized spacial score (nSPS) is 11.6. The molecule has 1 atom stereocenters. The molecular formula is C19H21ClN2O2. The molecule has 0 fully saturated rings. The molecule has 4 nitrogen and oxygen atoms in total. The molecule has 0 aromatic heterocycles. The molecule has 0 aliphatic carbocycles. The van der Waals surface area contributed by atoms with Crippen molar-refractivity contribution >= 4 is 29.1 Å². The fraction of sp³-hybridized carbons (Fsp3) is 0.263. The topological polar surface area (TPSA) is 58.2 Å². The number of aryl methyl sites for hydroxylation is 2. The summed E-state index contributed by atoms with van der Waals surface area (Å²) < 4.78 is 0. The first-order chi connectivity index (χ1) is 11.5.